The van der Waals surface area contributed by atoms with Gasteiger partial charge in [0, 0.05) is 44.0 Å². The molecule has 0 bridgehead atoms. The number of carbonyl (C=O) groups is 3. The number of alkyl carbamates (subject to hydrolysis) is 1. The third-order valence-corrected chi connectivity index (χ3v) is 6.63. The SMILES string of the molecule is CCOC(=O)[C@H](CC(C)C)NC(=O)[C@@H](CCc1nc2cc(N(CCCl)CCCl)ccc2n1C)NC(=O)OC(C)(C)C. The maximum atomic E-state index is 13.4. The van der Waals surface area contributed by atoms with Crippen LogP contribution in [0.2, 0.25) is 0 Å². The third kappa shape index (κ3) is 10.9. The van der Waals surface area contributed by atoms with Gasteiger partial charge in [-0.3, -0.25) is 4.79 Å². The van der Waals surface area contributed by atoms with Crippen LogP contribution in [0.1, 0.15) is 60.2 Å². The first-order valence-corrected chi connectivity index (χ1v) is 15.1. The standard InChI is InChI=1S/C29H45Cl2N5O5/c1-8-40-27(38)23(17-19(2)3)33-26(37)21(34-28(39)41-29(4,5)6)10-12-25-32-22-18-20(9-11-24(22)35(25)7)36(15-13-30)16-14-31/h9,11,18-19,21,23H,8,10,12-17H2,1-7H3,(H,33,37)(H,34,39)/t21-,23+/m1/s1. The van der Waals surface area contributed by atoms with E-state index in [2.05, 4.69) is 15.5 Å². The van der Waals surface area contributed by atoms with Crippen LogP contribution in [0.5, 0.6) is 0 Å². The van der Waals surface area contributed by atoms with Crippen molar-refractivity contribution in [1.29, 1.82) is 0 Å². The molecule has 0 saturated heterocycles. The first-order chi connectivity index (χ1) is 19.3. The molecule has 2 amide bonds. The van der Waals surface area contributed by atoms with Gasteiger partial charge in [-0.15, -0.1) is 23.2 Å². The Labute approximate surface area is 253 Å². The Hall–Kier alpha value is -2.72. The molecule has 2 aromatic rings. The fraction of sp³-hybridized carbons (Fsp3) is 0.655. The summed E-state index contributed by atoms with van der Waals surface area (Å²) < 4.78 is 12.5. The molecule has 0 fully saturated rings. The molecule has 12 heteroatoms. The number of hydrogen-bond donors (Lipinski definition) is 2. The zero-order valence-corrected chi connectivity index (χ0v) is 26.8. The molecule has 0 radical (unpaired) electrons. The highest BCUT2D eigenvalue weighted by molar-refractivity contribution is 6.18. The van der Waals surface area contributed by atoms with E-state index in [0.717, 1.165) is 22.5 Å². The number of hydrogen-bond acceptors (Lipinski definition) is 7. The van der Waals surface area contributed by atoms with Gasteiger partial charge in [0.1, 0.15) is 23.5 Å². The maximum absolute atomic E-state index is 13.4. The molecule has 0 spiro atoms. The highest BCUT2D eigenvalue weighted by Crippen LogP contribution is 2.23. The molecule has 2 atom stereocenters. The zero-order chi connectivity index (χ0) is 30.7. The number of anilines is 1. The zero-order valence-electron chi connectivity index (χ0n) is 25.3. The van der Waals surface area contributed by atoms with Crippen LogP contribution in [-0.4, -0.2) is 76.7 Å². The molecule has 41 heavy (non-hydrogen) atoms. The summed E-state index contributed by atoms with van der Waals surface area (Å²) >= 11 is 12.0. The topological polar surface area (TPSA) is 115 Å². The van der Waals surface area contributed by atoms with Crippen molar-refractivity contribution in [1.82, 2.24) is 20.2 Å². The molecule has 2 N–H and O–H groups in total. The van der Waals surface area contributed by atoms with E-state index in [0.29, 0.717) is 37.7 Å². The lowest BCUT2D eigenvalue weighted by atomic mass is 10.0. The number of alkyl halides is 2. The molecular weight excluding hydrogens is 569 g/mol. The number of aromatic nitrogens is 2. The quantitative estimate of drug-likeness (QED) is 0.219. The van der Waals surface area contributed by atoms with Crippen molar-refractivity contribution in [2.24, 2.45) is 13.0 Å². The van der Waals surface area contributed by atoms with Gasteiger partial charge in [0.25, 0.3) is 0 Å². The van der Waals surface area contributed by atoms with E-state index in [1.54, 1.807) is 27.7 Å². The number of amides is 2. The van der Waals surface area contributed by atoms with Crippen LogP contribution in [0, 0.1) is 5.92 Å². The molecule has 0 aliphatic rings. The molecular formula is C29H45Cl2N5O5. The van der Waals surface area contributed by atoms with Crippen LogP contribution in [0.15, 0.2) is 18.2 Å². The Morgan fingerprint density at radius 2 is 1.73 bits per heavy atom. The minimum atomic E-state index is -0.966. The van der Waals surface area contributed by atoms with Gasteiger partial charge in [-0.2, -0.15) is 0 Å². The number of carbonyl (C=O) groups excluding carboxylic acids is 3. The van der Waals surface area contributed by atoms with Crippen molar-refractivity contribution in [3.05, 3.63) is 24.0 Å². The van der Waals surface area contributed by atoms with Gasteiger partial charge >= 0.3 is 12.1 Å². The van der Waals surface area contributed by atoms with Crippen molar-refractivity contribution in [3.8, 4) is 0 Å². The minimum absolute atomic E-state index is 0.136. The number of imidazole rings is 1. The average molecular weight is 615 g/mol. The van der Waals surface area contributed by atoms with Gasteiger partial charge in [-0.05, 0) is 64.7 Å². The van der Waals surface area contributed by atoms with E-state index >= 15 is 0 Å². The normalized spacial score (nSPS) is 13.1. The van der Waals surface area contributed by atoms with Crippen LogP contribution >= 0.6 is 23.2 Å². The Morgan fingerprint density at radius 1 is 1.07 bits per heavy atom. The Morgan fingerprint density at radius 3 is 2.29 bits per heavy atom. The lowest BCUT2D eigenvalue weighted by Crippen LogP contribution is -2.53. The second-order valence-electron chi connectivity index (χ2n) is 11.3. The Kier molecular flexibility index (Phi) is 13.5. The second kappa shape index (κ2) is 16.1. The van der Waals surface area contributed by atoms with Crippen LogP contribution in [0.3, 0.4) is 0 Å². The number of halogens is 2. The van der Waals surface area contributed by atoms with E-state index in [9.17, 15) is 14.4 Å². The summed E-state index contributed by atoms with van der Waals surface area (Å²) in [7, 11) is 1.91. The van der Waals surface area contributed by atoms with Gasteiger partial charge in [0.15, 0.2) is 0 Å². The van der Waals surface area contributed by atoms with Gasteiger partial charge in [-0.25, -0.2) is 14.6 Å². The number of rotatable bonds is 15. The lowest BCUT2D eigenvalue weighted by molar-refractivity contribution is -0.148. The van der Waals surface area contributed by atoms with Gasteiger partial charge in [0.2, 0.25) is 5.91 Å². The number of ether oxygens (including phenoxy) is 2. The predicted molar refractivity (Wildman–Crippen MR) is 164 cm³/mol. The summed E-state index contributed by atoms with van der Waals surface area (Å²) in [6.45, 7) is 12.4. The van der Waals surface area contributed by atoms with Crippen LogP contribution in [0.25, 0.3) is 11.0 Å². The number of benzene rings is 1. The molecule has 1 heterocycles. The van der Waals surface area contributed by atoms with Crippen LogP contribution in [-0.2, 0) is 32.5 Å². The summed E-state index contributed by atoms with van der Waals surface area (Å²) in [5, 5.41) is 5.47. The van der Waals surface area contributed by atoms with Crippen molar-refractivity contribution >= 4 is 57.9 Å². The molecule has 2 rings (SSSR count). The van der Waals surface area contributed by atoms with Crippen molar-refractivity contribution in [2.45, 2.75) is 78.5 Å². The largest absolute Gasteiger partial charge is 0.464 e. The fourth-order valence-corrected chi connectivity index (χ4v) is 4.83. The van der Waals surface area contributed by atoms with Gasteiger partial charge in [0.05, 0.1) is 17.6 Å². The average Bonchev–Trinajstić information content (AvgIpc) is 3.19. The molecule has 230 valence electrons. The highest BCUT2D eigenvalue weighted by Gasteiger charge is 2.30. The number of fused-ring (bicyclic) bond motifs is 1. The Bertz CT molecular complexity index is 1160. The molecule has 1 aromatic heterocycles. The van der Waals surface area contributed by atoms with Gasteiger partial charge < -0.3 is 29.6 Å². The number of aryl methyl sites for hydroxylation is 2. The lowest BCUT2D eigenvalue weighted by Gasteiger charge is -2.25. The van der Waals surface area contributed by atoms with Crippen LogP contribution in [0.4, 0.5) is 10.5 Å². The van der Waals surface area contributed by atoms with Crippen molar-refractivity contribution in [3.63, 3.8) is 0 Å². The number of nitrogens with zero attached hydrogens (tertiary/aromatic N) is 3. The molecule has 1 aromatic carbocycles. The van der Waals surface area contributed by atoms with Crippen molar-refractivity contribution in [2.75, 3.05) is 36.4 Å². The smallest absolute Gasteiger partial charge is 0.408 e. The molecule has 0 unspecified atom stereocenters. The molecule has 10 nitrogen and oxygen atoms in total. The molecule has 0 saturated carbocycles. The van der Waals surface area contributed by atoms with E-state index < -0.39 is 35.7 Å². The first kappa shape index (κ1) is 34.5. The summed E-state index contributed by atoms with van der Waals surface area (Å²) in [6, 6.07) is 4.21. The highest BCUT2D eigenvalue weighted by atomic mass is 35.5. The summed E-state index contributed by atoms with van der Waals surface area (Å²) in [5.41, 5.74) is 1.96. The third-order valence-electron chi connectivity index (χ3n) is 6.29. The van der Waals surface area contributed by atoms with E-state index in [4.69, 9.17) is 37.7 Å². The van der Waals surface area contributed by atoms with E-state index in [1.165, 1.54) is 0 Å². The van der Waals surface area contributed by atoms with E-state index in [1.807, 2.05) is 43.7 Å². The van der Waals surface area contributed by atoms with Gasteiger partial charge in [-0.1, -0.05) is 13.8 Å². The maximum Gasteiger partial charge on any atom is 0.408 e. The summed E-state index contributed by atoms with van der Waals surface area (Å²) in [6.07, 6.45) is 0.302. The summed E-state index contributed by atoms with van der Waals surface area (Å²) in [5.74, 6) is 0.834. The van der Waals surface area contributed by atoms with Crippen molar-refractivity contribution < 1.29 is 23.9 Å². The minimum Gasteiger partial charge on any atom is -0.464 e. The predicted octanol–water partition coefficient (Wildman–Crippen LogP) is 4.78. The second-order valence-corrected chi connectivity index (χ2v) is 12.1. The monoisotopic (exact) mass is 613 g/mol. The number of esters is 1. The fourth-order valence-electron chi connectivity index (χ4n) is 4.43. The van der Waals surface area contributed by atoms with Crippen LogP contribution < -0.4 is 15.5 Å². The van der Waals surface area contributed by atoms with E-state index in [-0.39, 0.29) is 18.9 Å². The first-order valence-electron chi connectivity index (χ1n) is 14.1. The molecule has 0 aliphatic heterocycles. The molecule has 0 aliphatic carbocycles. The number of nitrogens with one attached hydrogen (secondary N) is 2. The Balaban J connectivity index is 2.29. The summed E-state index contributed by atoms with van der Waals surface area (Å²) in [4.78, 5) is 45.5.